The lowest BCUT2D eigenvalue weighted by Gasteiger charge is -2.14. The van der Waals surface area contributed by atoms with E-state index in [2.05, 4.69) is 10.3 Å². The Morgan fingerprint density at radius 3 is 2.96 bits per heavy atom. The van der Waals surface area contributed by atoms with Gasteiger partial charge in [0.05, 0.1) is 28.2 Å². The smallest absolute Gasteiger partial charge is 0.230 e. The number of carbonyl (C=O) groups excluding carboxylic acids is 1. The summed E-state index contributed by atoms with van der Waals surface area (Å²) in [6, 6.07) is 6.86. The molecule has 0 fully saturated rings. The van der Waals surface area contributed by atoms with Gasteiger partial charge in [-0.3, -0.25) is 9.59 Å². The van der Waals surface area contributed by atoms with Crippen molar-refractivity contribution in [1.29, 1.82) is 0 Å². The average molecular weight is 410 g/mol. The van der Waals surface area contributed by atoms with Gasteiger partial charge in [0.25, 0.3) is 0 Å². The monoisotopic (exact) mass is 409 g/mol. The molecule has 0 saturated heterocycles. The van der Waals surface area contributed by atoms with Crippen molar-refractivity contribution in [2.24, 2.45) is 7.05 Å². The van der Waals surface area contributed by atoms with Crippen LogP contribution in [0.2, 0.25) is 5.02 Å². The minimum absolute atomic E-state index is 0.0775. The van der Waals surface area contributed by atoms with Crippen LogP contribution in [0.5, 0.6) is 5.75 Å². The normalized spacial score (nSPS) is 11.0. The summed E-state index contributed by atoms with van der Waals surface area (Å²) in [7, 11) is 1.73. The van der Waals surface area contributed by atoms with Crippen LogP contribution >= 0.6 is 34.7 Å². The lowest BCUT2D eigenvalue weighted by Crippen LogP contribution is -2.27. The minimum Gasteiger partial charge on any atom is -0.503 e. The molecule has 2 N–H and O–H groups in total. The molecule has 26 heavy (non-hydrogen) atoms. The number of aromatic hydroxyl groups is 1. The fourth-order valence-corrected chi connectivity index (χ4v) is 4.42. The van der Waals surface area contributed by atoms with Crippen molar-refractivity contribution in [2.75, 3.05) is 5.75 Å². The summed E-state index contributed by atoms with van der Waals surface area (Å²) in [6.07, 6.45) is 0. The highest BCUT2D eigenvalue weighted by molar-refractivity contribution is 8.01. The Kier molecular flexibility index (Phi) is 5.55. The van der Waals surface area contributed by atoms with Crippen molar-refractivity contribution >= 4 is 50.8 Å². The van der Waals surface area contributed by atoms with E-state index in [0.29, 0.717) is 16.4 Å². The van der Waals surface area contributed by atoms with Crippen LogP contribution < -0.4 is 10.7 Å². The van der Waals surface area contributed by atoms with Gasteiger partial charge >= 0.3 is 0 Å². The SMILES string of the molecule is Cc1cc(=O)c(O)c(CNC(=O)CSc2nc3cc(Cl)ccc3s2)n1C. The van der Waals surface area contributed by atoms with E-state index in [1.165, 1.54) is 29.2 Å². The number of pyridine rings is 1. The molecule has 3 rings (SSSR count). The molecule has 1 amide bonds. The largest absolute Gasteiger partial charge is 0.503 e. The highest BCUT2D eigenvalue weighted by atomic mass is 35.5. The number of halogens is 1. The topological polar surface area (TPSA) is 84.2 Å². The number of benzene rings is 1. The van der Waals surface area contributed by atoms with E-state index in [0.717, 1.165) is 14.6 Å². The Morgan fingerprint density at radius 2 is 2.19 bits per heavy atom. The van der Waals surface area contributed by atoms with Crippen LogP contribution in [0.4, 0.5) is 0 Å². The second kappa shape index (κ2) is 7.69. The summed E-state index contributed by atoms with van der Waals surface area (Å²) in [5.41, 5.74) is 1.44. The lowest BCUT2D eigenvalue weighted by molar-refractivity contribution is -0.118. The summed E-state index contributed by atoms with van der Waals surface area (Å²) in [5, 5.41) is 13.3. The van der Waals surface area contributed by atoms with E-state index < -0.39 is 5.43 Å². The van der Waals surface area contributed by atoms with Crippen LogP contribution in [0.3, 0.4) is 0 Å². The van der Waals surface area contributed by atoms with Crippen molar-refractivity contribution in [3.8, 4) is 5.75 Å². The summed E-state index contributed by atoms with van der Waals surface area (Å²) in [4.78, 5) is 28.2. The maximum absolute atomic E-state index is 12.1. The maximum Gasteiger partial charge on any atom is 0.230 e. The van der Waals surface area contributed by atoms with E-state index in [9.17, 15) is 14.7 Å². The van der Waals surface area contributed by atoms with Gasteiger partial charge in [0.1, 0.15) is 0 Å². The maximum atomic E-state index is 12.1. The molecule has 0 spiro atoms. The molecule has 0 aliphatic carbocycles. The van der Waals surface area contributed by atoms with Crippen LogP contribution in [0, 0.1) is 6.92 Å². The van der Waals surface area contributed by atoms with Gasteiger partial charge in [-0.15, -0.1) is 11.3 Å². The molecule has 0 bridgehead atoms. The number of aryl methyl sites for hydroxylation is 1. The number of hydrogen-bond donors (Lipinski definition) is 2. The first-order valence-electron chi connectivity index (χ1n) is 7.69. The van der Waals surface area contributed by atoms with Gasteiger partial charge in [0, 0.05) is 23.8 Å². The predicted molar refractivity (Wildman–Crippen MR) is 105 cm³/mol. The fourth-order valence-electron chi connectivity index (χ4n) is 2.37. The molecular formula is C17H16ClN3O3S2. The first-order valence-corrected chi connectivity index (χ1v) is 9.87. The van der Waals surface area contributed by atoms with Crippen LogP contribution in [0.15, 0.2) is 33.4 Å². The number of hydrogen-bond acceptors (Lipinski definition) is 6. The van der Waals surface area contributed by atoms with Gasteiger partial charge in [-0.2, -0.15) is 0 Å². The molecule has 3 aromatic rings. The summed E-state index contributed by atoms with van der Waals surface area (Å²) in [6.45, 7) is 1.84. The van der Waals surface area contributed by atoms with Crippen molar-refractivity contribution in [1.82, 2.24) is 14.9 Å². The molecule has 2 heterocycles. The van der Waals surface area contributed by atoms with Crippen LogP contribution in [-0.4, -0.2) is 26.3 Å². The van der Waals surface area contributed by atoms with Gasteiger partial charge < -0.3 is 15.0 Å². The molecular weight excluding hydrogens is 394 g/mol. The second-order valence-electron chi connectivity index (χ2n) is 5.66. The number of aromatic nitrogens is 2. The van der Waals surface area contributed by atoms with E-state index in [4.69, 9.17) is 11.6 Å². The first-order chi connectivity index (χ1) is 12.3. The van der Waals surface area contributed by atoms with E-state index >= 15 is 0 Å². The molecule has 0 saturated carbocycles. The lowest BCUT2D eigenvalue weighted by atomic mass is 10.2. The number of rotatable bonds is 5. The third-order valence-corrected chi connectivity index (χ3v) is 6.30. The van der Waals surface area contributed by atoms with Gasteiger partial charge in [-0.1, -0.05) is 23.4 Å². The Balaban J connectivity index is 1.62. The number of nitrogens with one attached hydrogen (secondary N) is 1. The average Bonchev–Trinajstić information content (AvgIpc) is 3.00. The van der Waals surface area contributed by atoms with Gasteiger partial charge in [-0.25, -0.2) is 4.98 Å². The Hall–Kier alpha value is -2.03. The molecule has 6 nitrogen and oxygen atoms in total. The molecule has 0 atom stereocenters. The third-order valence-electron chi connectivity index (χ3n) is 3.89. The van der Waals surface area contributed by atoms with E-state index in [1.807, 2.05) is 12.1 Å². The number of fused-ring (bicyclic) bond motifs is 1. The zero-order chi connectivity index (χ0) is 18.8. The van der Waals surface area contributed by atoms with Crippen LogP contribution in [0.1, 0.15) is 11.4 Å². The Bertz CT molecular complexity index is 1050. The zero-order valence-electron chi connectivity index (χ0n) is 14.1. The summed E-state index contributed by atoms with van der Waals surface area (Å²) < 4.78 is 3.47. The molecule has 1 aromatic carbocycles. The van der Waals surface area contributed by atoms with Crippen molar-refractivity contribution in [3.05, 3.63) is 50.9 Å². The molecule has 0 unspecified atom stereocenters. The molecule has 0 aliphatic heterocycles. The predicted octanol–water partition coefficient (Wildman–Crippen LogP) is 3.07. The Morgan fingerprint density at radius 1 is 1.42 bits per heavy atom. The Labute approximate surface area is 162 Å². The number of thioether (sulfide) groups is 1. The fraction of sp³-hybridized carbons (Fsp3) is 0.235. The quantitative estimate of drug-likeness (QED) is 0.632. The number of thiazole rings is 1. The van der Waals surface area contributed by atoms with Crippen LogP contribution in [-0.2, 0) is 18.4 Å². The molecule has 136 valence electrons. The molecule has 0 radical (unpaired) electrons. The van der Waals surface area contributed by atoms with Crippen molar-refractivity contribution in [2.45, 2.75) is 17.8 Å². The highest BCUT2D eigenvalue weighted by Crippen LogP contribution is 2.30. The first kappa shape index (κ1) is 18.8. The van der Waals surface area contributed by atoms with Crippen molar-refractivity contribution < 1.29 is 9.90 Å². The summed E-state index contributed by atoms with van der Waals surface area (Å²) >= 11 is 8.78. The molecule has 0 aliphatic rings. The number of amides is 1. The molecule has 2 aromatic heterocycles. The summed E-state index contributed by atoms with van der Waals surface area (Å²) in [5.74, 6) is -0.358. The van der Waals surface area contributed by atoms with Gasteiger partial charge in [0.15, 0.2) is 10.1 Å². The number of nitrogens with zero attached hydrogens (tertiary/aromatic N) is 2. The third kappa shape index (κ3) is 4.03. The van der Waals surface area contributed by atoms with E-state index in [-0.39, 0.29) is 24.0 Å². The zero-order valence-corrected chi connectivity index (χ0v) is 16.5. The van der Waals surface area contributed by atoms with Gasteiger partial charge in [-0.05, 0) is 25.1 Å². The number of carbonyl (C=O) groups is 1. The second-order valence-corrected chi connectivity index (χ2v) is 8.35. The standard InChI is InChI=1S/C17H16ClN3O3S2/c1-9-5-13(22)16(24)12(21(9)2)7-19-15(23)8-25-17-20-11-6-10(18)3-4-14(11)26-17/h3-6,24H,7-8H2,1-2H3,(H,19,23). The highest BCUT2D eigenvalue weighted by Gasteiger charge is 2.13. The van der Waals surface area contributed by atoms with Crippen molar-refractivity contribution in [3.63, 3.8) is 0 Å². The van der Waals surface area contributed by atoms with Gasteiger partial charge in [0.2, 0.25) is 11.3 Å². The minimum atomic E-state index is -0.452. The van der Waals surface area contributed by atoms with E-state index in [1.54, 1.807) is 24.6 Å². The van der Waals surface area contributed by atoms with Crippen LogP contribution in [0.25, 0.3) is 10.2 Å². The molecule has 9 heteroatoms.